The Balaban J connectivity index is 1.34. The number of furan rings is 1. The van der Waals surface area contributed by atoms with Crippen LogP contribution in [0.1, 0.15) is 39.4 Å². The standard InChI is InChI=1S/C22H18N2O5/c25-21-11-16(18-9-14-3-1-4-15(14)10-20(18)29-21)13-27-22(26)19-6-5-17(28-19)12-24-8-2-7-23-24/h2,5-11H,1,3-4,12-13H2. The Bertz CT molecular complexity index is 1250. The smallest absolute Gasteiger partial charge is 0.374 e. The molecule has 7 heteroatoms. The van der Waals surface area contributed by atoms with Gasteiger partial charge in [0.15, 0.2) is 0 Å². The van der Waals surface area contributed by atoms with Gasteiger partial charge in [-0.3, -0.25) is 4.68 Å². The largest absolute Gasteiger partial charge is 0.455 e. The fraction of sp³-hybridized carbons (Fsp3) is 0.227. The molecular formula is C22H18N2O5. The maximum absolute atomic E-state index is 12.4. The van der Waals surface area contributed by atoms with E-state index in [9.17, 15) is 9.59 Å². The third-order valence-corrected chi connectivity index (χ3v) is 5.14. The van der Waals surface area contributed by atoms with Crippen molar-refractivity contribution < 1.29 is 18.4 Å². The molecule has 0 saturated carbocycles. The van der Waals surface area contributed by atoms with Crippen molar-refractivity contribution in [1.82, 2.24) is 9.78 Å². The Kier molecular flexibility index (Phi) is 4.27. The summed E-state index contributed by atoms with van der Waals surface area (Å²) in [6.07, 6.45) is 6.58. The summed E-state index contributed by atoms with van der Waals surface area (Å²) < 4.78 is 18.0. The van der Waals surface area contributed by atoms with Gasteiger partial charge in [0, 0.05) is 29.4 Å². The highest BCUT2D eigenvalue weighted by atomic mass is 16.5. The quantitative estimate of drug-likeness (QED) is 0.383. The topological polar surface area (TPSA) is 87.5 Å². The monoisotopic (exact) mass is 390 g/mol. The van der Waals surface area contributed by atoms with Gasteiger partial charge in [-0.2, -0.15) is 5.10 Å². The van der Waals surface area contributed by atoms with E-state index in [1.165, 1.54) is 17.2 Å². The molecule has 0 amide bonds. The molecule has 0 radical (unpaired) electrons. The van der Waals surface area contributed by atoms with Gasteiger partial charge in [0.1, 0.15) is 18.0 Å². The second-order valence-corrected chi connectivity index (χ2v) is 7.11. The van der Waals surface area contributed by atoms with Crippen LogP contribution in [0.4, 0.5) is 0 Å². The van der Waals surface area contributed by atoms with Crippen LogP contribution in [-0.4, -0.2) is 15.7 Å². The number of ether oxygens (including phenoxy) is 1. The molecule has 0 spiro atoms. The van der Waals surface area contributed by atoms with Gasteiger partial charge in [-0.1, -0.05) is 0 Å². The third-order valence-electron chi connectivity index (χ3n) is 5.14. The van der Waals surface area contributed by atoms with Crippen molar-refractivity contribution in [2.45, 2.75) is 32.4 Å². The van der Waals surface area contributed by atoms with Gasteiger partial charge in [-0.05, 0) is 60.7 Å². The van der Waals surface area contributed by atoms with Gasteiger partial charge in [-0.15, -0.1) is 0 Å². The zero-order valence-electron chi connectivity index (χ0n) is 15.6. The van der Waals surface area contributed by atoms with Gasteiger partial charge in [0.25, 0.3) is 0 Å². The van der Waals surface area contributed by atoms with Crippen LogP contribution in [0.25, 0.3) is 11.0 Å². The van der Waals surface area contributed by atoms with Crippen LogP contribution < -0.4 is 5.63 Å². The molecule has 0 atom stereocenters. The normalized spacial score (nSPS) is 13.0. The number of aryl methyl sites for hydroxylation is 2. The Hall–Kier alpha value is -3.61. The van der Waals surface area contributed by atoms with Gasteiger partial charge in [0.05, 0.1) is 6.54 Å². The second-order valence-electron chi connectivity index (χ2n) is 7.11. The zero-order chi connectivity index (χ0) is 19.8. The van der Waals surface area contributed by atoms with Crippen molar-refractivity contribution in [1.29, 1.82) is 0 Å². The minimum atomic E-state index is -0.584. The number of hydrogen-bond donors (Lipinski definition) is 0. The van der Waals surface area contributed by atoms with Gasteiger partial charge >= 0.3 is 11.6 Å². The molecule has 1 aliphatic rings. The van der Waals surface area contributed by atoms with Crippen LogP contribution in [0.5, 0.6) is 0 Å². The van der Waals surface area contributed by atoms with Gasteiger partial charge in [-0.25, -0.2) is 9.59 Å². The molecule has 0 bridgehead atoms. The first kappa shape index (κ1) is 17.5. The summed E-state index contributed by atoms with van der Waals surface area (Å²) in [7, 11) is 0. The van der Waals surface area contributed by atoms with Crippen molar-refractivity contribution >= 4 is 16.9 Å². The molecule has 1 aromatic carbocycles. The van der Waals surface area contributed by atoms with Gasteiger partial charge < -0.3 is 13.6 Å². The van der Waals surface area contributed by atoms with E-state index in [0.29, 0.717) is 23.5 Å². The lowest BCUT2D eigenvalue weighted by Crippen LogP contribution is -2.07. The number of nitrogens with zero attached hydrogens (tertiary/aromatic N) is 2. The van der Waals surface area contributed by atoms with Crippen LogP contribution >= 0.6 is 0 Å². The molecule has 0 saturated heterocycles. The Morgan fingerprint density at radius 2 is 2.00 bits per heavy atom. The fourth-order valence-corrected chi connectivity index (χ4v) is 3.75. The Labute approximate surface area is 165 Å². The minimum absolute atomic E-state index is 0.0328. The van der Waals surface area contributed by atoms with Crippen LogP contribution in [-0.2, 0) is 30.7 Å². The number of aromatic nitrogens is 2. The first-order chi connectivity index (χ1) is 14.2. The molecule has 0 fully saturated rings. The van der Waals surface area contributed by atoms with Crippen LogP contribution in [0, 0.1) is 0 Å². The molecule has 146 valence electrons. The zero-order valence-corrected chi connectivity index (χ0v) is 15.6. The molecule has 29 heavy (non-hydrogen) atoms. The predicted octanol–water partition coefficient (Wildman–Crippen LogP) is 3.48. The van der Waals surface area contributed by atoms with E-state index in [2.05, 4.69) is 5.10 Å². The van der Waals surface area contributed by atoms with Gasteiger partial charge in [0.2, 0.25) is 5.76 Å². The van der Waals surface area contributed by atoms with E-state index >= 15 is 0 Å². The highest BCUT2D eigenvalue weighted by Gasteiger charge is 2.17. The summed E-state index contributed by atoms with van der Waals surface area (Å²) >= 11 is 0. The average molecular weight is 390 g/mol. The molecule has 4 aromatic rings. The maximum atomic E-state index is 12.4. The van der Waals surface area contributed by atoms with E-state index in [1.54, 1.807) is 23.0 Å². The summed E-state index contributed by atoms with van der Waals surface area (Å²) in [6, 6.07) is 10.5. The summed E-state index contributed by atoms with van der Waals surface area (Å²) in [4.78, 5) is 24.3. The summed E-state index contributed by atoms with van der Waals surface area (Å²) in [5.41, 5.74) is 3.18. The summed E-state index contributed by atoms with van der Waals surface area (Å²) in [5.74, 6) is 0.126. The van der Waals surface area contributed by atoms with Crippen molar-refractivity contribution in [3.63, 3.8) is 0 Å². The number of esters is 1. The Morgan fingerprint density at radius 1 is 1.14 bits per heavy atom. The van der Waals surface area contributed by atoms with Crippen molar-refractivity contribution in [3.8, 4) is 0 Å². The lowest BCUT2D eigenvalue weighted by molar-refractivity contribution is 0.0435. The highest BCUT2D eigenvalue weighted by molar-refractivity contribution is 5.87. The average Bonchev–Trinajstić information content (AvgIpc) is 3.46. The summed E-state index contributed by atoms with van der Waals surface area (Å²) in [6.45, 7) is 0.394. The predicted molar refractivity (Wildman–Crippen MR) is 104 cm³/mol. The highest BCUT2D eigenvalue weighted by Crippen LogP contribution is 2.29. The molecule has 0 aliphatic heterocycles. The van der Waals surface area contributed by atoms with E-state index in [1.807, 2.05) is 24.4 Å². The first-order valence-electron chi connectivity index (χ1n) is 9.47. The first-order valence-corrected chi connectivity index (χ1v) is 9.47. The number of benzene rings is 1. The lowest BCUT2D eigenvalue weighted by atomic mass is 10.0. The van der Waals surface area contributed by atoms with Crippen molar-refractivity contribution in [3.05, 3.63) is 87.4 Å². The molecule has 3 aromatic heterocycles. The molecule has 0 unspecified atom stereocenters. The fourth-order valence-electron chi connectivity index (χ4n) is 3.75. The maximum Gasteiger partial charge on any atom is 0.374 e. The Morgan fingerprint density at radius 3 is 2.83 bits per heavy atom. The SMILES string of the molecule is O=C(OCc1cc(=O)oc2cc3c(cc12)CCC3)c1ccc(Cn2cccn2)o1. The molecule has 3 heterocycles. The number of carbonyl (C=O) groups is 1. The molecule has 0 N–H and O–H groups in total. The number of rotatable bonds is 5. The van der Waals surface area contributed by atoms with Crippen LogP contribution in [0.2, 0.25) is 0 Å². The van der Waals surface area contributed by atoms with Crippen molar-refractivity contribution in [2.24, 2.45) is 0 Å². The lowest BCUT2D eigenvalue weighted by Gasteiger charge is -2.08. The van der Waals surface area contributed by atoms with E-state index < -0.39 is 11.6 Å². The van der Waals surface area contributed by atoms with Crippen LogP contribution in [0.15, 0.2) is 62.4 Å². The third kappa shape index (κ3) is 3.47. The summed E-state index contributed by atoms with van der Waals surface area (Å²) in [5, 5.41) is 4.91. The van der Waals surface area contributed by atoms with Crippen molar-refractivity contribution in [2.75, 3.05) is 0 Å². The minimum Gasteiger partial charge on any atom is -0.455 e. The van der Waals surface area contributed by atoms with E-state index in [0.717, 1.165) is 24.6 Å². The number of hydrogen-bond acceptors (Lipinski definition) is 6. The van der Waals surface area contributed by atoms with E-state index in [4.69, 9.17) is 13.6 Å². The molecular weight excluding hydrogens is 372 g/mol. The van der Waals surface area contributed by atoms with E-state index in [-0.39, 0.29) is 12.4 Å². The number of fused-ring (bicyclic) bond motifs is 2. The molecule has 5 rings (SSSR count). The molecule has 7 nitrogen and oxygen atoms in total. The number of carbonyl (C=O) groups excluding carboxylic acids is 1. The second kappa shape index (κ2) is 7.09. The molecule has 1 aliphatic carbocycles. The van der Waals surface area contributed by atoms with Crippen LogP contribution in [0.3, 0.4) is 0 Å².